The van der Waals surface area contributed by atoms with E-state index in [1.807, 2.05) is 74.5 Å². The third kappa shape index (κ3) is 5.67. The number of benzene rings is 3. The van der Waals surface area contributed by atoms with Crippen LogP contribution in [0.25, 0.3) is 11.1 Å². The molecular formula is C32H34N2O5. The minimum atomic E-state index is -0.162. The highest BCUT2D eigenvalue weighted by Gasteiger charge is 2.26. The van der Waals surface area contributed by atoms with E-state index in [4.69, 9.17) is 18.9 Å². The average Bonchev–Trinajstić information content (AvgIpc) is 2.98. The first-order chi connectivity index (χ1) is 18.9. The number of methoxy groups -OCH3 is 4. The standard InChI is InChI=1S/C32H34N2O5/c1-20-26(29(37-4)31(39-6)30(38-5)28(20)36-3)18-22-12-13-25(24-14-16-33-17-15-24)27(19-22)32(35)34-21(2)23-10-8-7-9-11-23/h7-17,19,21H,18H2,1-6H3,(H,34,35). The maximum absolute atomic E-state index is 13.7. The molecule has 4 rings (SSSR count). The van der Waals surface area contributed by atoms with Crippen molar-refractivity contribution < 1.29 is 23.7 Å². The number of pyridine rings is 1. The summed E-state index contributed by atoms with van der Waals surface area (Å²) < 4.78 is 22.7. The van der Waals surface area contributed by atoms with Crippen molar-refractivity contribution in [3.63, 3.8) is 0 Å². The molecular weight excluding hydrogens is 492 g/mol. The quantitative estimate of drug-likeness (QED) is 0.266. The van der Waals surface area contributed by atoms with Gasteiger partial charge in [-0.15, -0.1) is 0 Å². The van der Waals surface area contributed by atoms with E-state index in [1.54, 1.807) is 40.8 Å². The van der Waals surface area contributed by atoms with Crippen LogP contribution in [0.15, 0.2) is 73.1 Å². The molecule has 0 aliphatic carbocycles. The topological polar surface area (TPSA) is 78.9 Å². The fourth-order valence-electron chi connectivity index (χ4n) is 4.84. The molecule has 3 aromatic carbocycles. The van der Waals surface area contributed by atoms with E-state index < -0.39 is 0 Å². The second kappa shape index (κ2) is 12.3. The van der Waals surface area contributed by atoms with Gasteiger partial charge in [0.05, 0.1) is 34.5 Å². The number of amides is 1. The lowest BCUT2D eigenvalue weighted by molar-refractivity contribution is 0.0940. The smallest absolute Gasteiger partial charge is 0.252 e. The van der Waals surface area contributed by atoms with Crippen molar-refractivity contribution in [1.29, 1.82) is 0 Å². The van der Waals surface area contributed by atoms with Gasteiger partial charge in [-0.25, -0.2) is 0 Å². The summed E-state index contributed by atoms with van der Waals surface area (Å²) in [6.45, 7) is 3.94. The predicted molar refractivity (Wildman–Crippen MR) is 152 cm³/mol. The second-order valence-electron chi connectivity index (χ2n) is 9.13. The lowest BCUT2D eigenvalue weighted by Gasteiger charge is -2.22. The van der Waals surface area contributed by atoms with Crippen LogP contribution in [0.3, 0.4) is 0 Å². The van der Waals surface area contributed by atoms with Gasteiger partial charge in [-0.05, 0) is 54.3 Å². The van der Waals surface area contributed by atoms with Gasteiger partial charge in [0.25, 0.3) is 5.91 Å². The molecule has 1 unspecified atom stereocenters. The fourth-order valence-corrected chi connectivity index (χ4v) is 4.84. The van der Waals surface area contributed by atoms with Crippen LogP contribution in [0.4, 0.5) is 0 Å². The summed E-state index contributed by atoms with van der Waals surface area (Å²) in [7, 11) is 6.33. The van der Waals surface area contributed by atoms with Crippen LogP contribution in [-0.2, 0) is 6.42 Å². The molecule has 4 aromatic rings. The molecule has 1 atom stereocenters. The van der Waals surface area contributed by atoms with E-state index in [0.29, 0.717) is 35.0 Å². The molecule has 7 heteroatoms. The SMILES string of the molecule is COc1c(C)c(Cc2ccc(-c3ccncc3)c(C(=O)NC(C)c3ccccc3)c2)c(OC)c(OC)c1OC. The van der Waals surface area contributed by atoms with Crippen LogP contribution >= 0.6 is 0 Å². The van der Waals surface area contributed by atoms with Gasteiger partial charge in [0, 0.05) is 35.5 Å². The first-order valence-electron chi connectivity index (χ1n) is 12.7. The minimum Gasteiger partial charge on any atom is -0.492 e. The van der Waals surface area contributed by atoms with Crippen LogP contribution in [0.2, 0.25) is 0 Å². The number of carbonyl (C=O) groups excluding carboxylic acids is 1. The molecule has 0 aliphatic rings. The molecule has 0 saturated carbocycles. The van der Waals surface area contributed by atoms with Crippen LogP contribution in [0, 0.1) is 6.92 Å². The minimum absolute atomic E-state index is 0.159. The van der Waals surface area contributed by atoms with Crippen molar-refractivity contribution in [2.45, 2.75) is 26.3 Å². The highest BCUT2D eigenvalue weighted by Crippen LogP contribution is 2.49. The Labute approximate surface area is 229 Å². The van der Waals surface area contributed by atoms with Crippen molar-refractivity contribution in [3.05, 3.63) is 101 Å². The van der Waals surface area contributed by atoms with Crippen molar-refractivity contribution in [1.82, 2.24) is 10.3 Å². The van der Waals surface area contributed by atoms with Crippen LogP contribution < -0.4 is 24.3 Å². The van der Waals surface area contributed by atoms with Gasteiger partial charge in [-0.2, -0.15) is 0 Å². The Kier molecular flexibility index (Phi) is 8.71. The van der Waals surface area contributed by atoms with Gasteiger partial charge < -0.3 is 24.3 Å². The van der Waals surface area contributed by atoms with Crippen molar-refractivity contribution in [2.75, 3.05) is 28.4 Å². The maximum Gasteiger partial charge on any atom is 0.252 e. The molecule has 1 amide bonds. The summed E-state index contributed by atoms with van der Waals surface area (Å²) in [5.41, 5.74) is 6.03. The van der Waals surface area contributed by atoms with Gasteiger partial charge in [0.2, 0.25) is 11.5 Å². The summed E-state index contributed by atoms with van der Waals surface area (Å²) in [5.74, 6) is 1.91. The molecule has 1 N–H and O–H groups in total. The molecule has 1 aromatic heterocycles. The molecule has 7 nitrogen and oxygen atoms in total. The van der Waals surface area contributed by atoms with E-state index in [9.17, 15) is 4.79 Å². The Morgan fingerprint density at radius 2 is 1.44 bits per heavy atom. The van der Waals surface area contributed by atoms with E-state index in [1.165, 1.54) is 0 Å². The molecule has 202 valence electrons. The number of rotatable bonds is 10. The van der Waals surface area contributed by atoms with Crippen LogP contribution in [0.5, 0.6) is 23.0 Å². The zero-order chi connectivity index (χ0) is 27.9. The van der Waals surface area contributed by atoms with E-state index in [0.717, 1.165) is 33.4 Å². The van der Waals surface area contributed by atoms with Crippen molar-refractivity contribution in [2.24, 2.45) is 0 Å². The van der Waals surface area contributed by atoms with E-state index >= 15 is 0 Å². The molecule has 39 heavy (non-hydrogen) atoms. The molecule has 0 aliphatic heterocycles. The third-order valence-corrected chi connectivity index (χ3v) is 6.85. The first-order valence-corrected chi connectivity index (χ1v) is 12.7. The Morgan fingerprint density at radius 1 is 0.821 bits per heavy atom. The Balaban J connectivity index is 1.79. The highest BCUT2D eigenvalue weighted by molar-refractivity contribution is 6.01. The third-order valence-electron chi connectivity index (χ3n) is 6.85. The lowest BCUT2D eigenvalue weighted by Crippen LogP contribution is -2.27. The Hall–Kier alpha value is -4.52. The van der Waals surface area contributed by atoms with Crippen LogP contribution in [-0.4, -0.2) is 39.3 Å². The van der Waals surface area contributed by atoms with E-state index in [2.05, 4.69) is 10.3 Å². The highest BCUT2D eigenvalue weighted by atomic mass is 16.5. The number of nitrogens with one attached hydrogen (secondary N) is 1. The number of aromatic nitrogens is 1. The zero-order valence-corrected chi connectivity index (χ0v) is 23.2. The van der Waals surface area contributed by atoms with Crippen molar-refractivity contribution >= 4 is 5.91 Å². The number of nitrogens with zero attached hydrogens (tertiary/aromatic N) is 1. The lowest BCUT2D eigenvalue weighted by atomic mass is 9.92. The largest absolute Gasteiger partial charge is 0.492 e. The fraction of sp³-hybridized carbons (Fsp3) is 0.250. The molecule has 0 fully saturated rings. The van der Waals surface area contributed by atoms with E-state index in [-0.39, 0.29) is 11.9 Å². The first kappa shape index (κ1) is 27.5. The molecule has 0 bridgehead atoms. The van der Waals surface area contributed by atoms with Crippen molar-refractivity contribution in [3.8, 4) is 34.1 Å². The summed E-state index contributed by atoms with van der Waals surface area (Å²) in [5, 5.41) is 3.16. The molecule has 0 radical (unpaired) electrons. The number of carbonyl (C=O) groups is 1. The van der Waals surface area contributed by atoms with Gasteiger partial charge in [0.15, 0.2) is 11.5 Å². The average molecular weight is 527 g/mol. The van der Waals surface area contributed by atoms with Gasteiger partial charge in [-0.1, -0.05) is 42.5 Å². The summed E-state index contributed by atoms with van der Waals surface area (Å²) in [4.78, 5) is 17.8. The normalized spacial score (nSPS) is 11.4. The summed E-state index contributed by atoms with van der Waals surface area (Å²) in [6, 6.07) is 19.5. The van der Waals surface area contributed by atoms with Gasteiger partial charge in [0.1, 0.15) is 0 Å². The zero-order valence-electron chi connectivity index (χ0n) is 23.2. The van der Waals surface area contributed by atoms with Gasteiger partial charge >= 0.3 is 0 Å². The molecule has 0 saturated heterocycles. The predicted octanol–water partition coefficient (Wildman–Crippen LogP) is 6.17. The van der Waals surface area contributed by atoms with Crippen LogP contribution in [0.1, 0.15) is 45.6 Å². The summed E-state index contributed by atoms with van der Waals surface area (Å²) in [6.07, 6.45) is 3.93. The number of hydrogen-bond donors (Lipinski definition) is 1. The molecule has 0 spiro atoms. The summed E-state index contributed by atoms with van der Waals surface area (Å²) >= 11 is 0. The monoisotopic (exact) mass is 526 g/mol. The molecule has 1 heterocycles. The Morgan fingerprint density at radius 3 is 2.05 bits per heavy atom. The maximum atomic E-state index is 13.7. The number of ether oxygens (including phenoxy) is 4. The second-order valence-corrected chi connectivity index (χ2v) is 9.13. The number of hydrogen-bond acceptors (Lipinski definition) is 6. The Bertz CT molecular complexity index is 1440. The van der Waals surface area contributed by atoms with Gasteiger partial charge in [-0.3, -0.25) is 9.78 Å².